The molecule has 1 aromatic carbocycles. The third-order valence-electron chi connectivity index (χ3n) is 4.41. The van der Waals surface area contributed by atoms with Crippen molar-refractivity contribution in [2.24, 2.45) is 0 Å². The van der Waals surface area contributed by atoms with Gasteiger partial charge in [0.2, 0.25) is 5.91 Å². The smallest absolute Gasteiger partial charge is 0.234 e. The summed E-state index contributed by atoms with van der Waals surface area (Å²) >= 11 is 0. The van der Waals surface area contributed by atoms with Crippen molar-refractivity contribution >= 4 is 5.91 Å². The van der Waals surface area contributed by atoms with Gasteiger partial charge in [-0.05, 0) is 31.0 Å². The number of carbonyl (C=O) groups excluding carboxylic acids is 1. The Balaban J connectivity index is 1.47. The number of hydrogen-bond acceptors (Lipinski definition) is 4. The molecule has 3 rings (SSSR count). The molecule has 1 saturated heterocycles. The van der Waals surface area contributed by atoms with E-state index in [0.717, 1.165) is 50.3 Å². The Morgan fingerprint density at radius 2 is 1.96 bits per heavy atom. The van der Waals surface area contributed by atoms with E-state index in [0.29, 0.717) is 19.1 Å². The van der Waals surface area contributed by atoms with Crippen LogP contribution in [0.5, 0.6) is 5.75 Å². The quantitative estimate of drug-likeness (QED) is 0.856. The molecule has 2 fully saturated rings. The number of piperazine rings is 1. The number of nitrogens with zero attached hydrogens (tertiary/aromatic N) is 2. The summed E-state index contributed by atoms with van der Waals surface area (Å²) in [5, 5.41) is 3.02. The molecular weight excluding hydrogens is 297 g/mol. The van der Waals surface area contributed by atoms with Gasteiger partial charge in [0.1, 0.15) is 11.6 Å². The molecule has 1 heterocycles. The van der Waals surface area contributed by atoms with Crippen molar-refractivity contribution in [2.75, 3.05) is 39.8 Å². The van der Waals surface area contributed by atoms with E-state index >= 15 is 0 Å². The summed E-state index contributed by atoms with van der Waals surface area (Å²) < 4.78 is 18.7. The predicted molar refractivity (Wildman–Crippen MR) is 85.8 cm³/mol. The summed E-state index contributed by atoms with van der Waals surface area (Å²) in [5.74, 6) is 0.613. The SMILES string of the molecule is COc1ccc(F)cc1CN1CCN(CC(=O)NC2CC2)CC1. The lowest BCUT2D eigenvalue weighted by Crippen LogP contribution is -2.49. The van der Waals surface area contributed by atoms with E-state index in [1.807, 2.05) is 0 Å². The fraction of sp³-hybridized carbons (Fsp3) is 0.588. The molecular formula is C17H24FN3O2. The van der Waals surface area contributed by atoms with Crippen LogP contribution in [0.4, 0.5) is 4.39 Å². The standard InChI is InChI=1S/C17H24FN3O2/c1-23-16-5-2-14(18)10-13(16)11-20-6-8-21(9-7-20)12-17(22)19-15-3-4-15/h2,5,10,15H,3-4,6-9,11-12H2,1H3,(H,19,22). The van der Waals surface area contributed by atoms with Crippen LogP contribution < -0.4 is 10.1 Å². The van der Waals surface area contributed by atoms with Crippen LogP contribution in [-0.2, 0) is 11.3 Å². The first-order chi connectivity index (χ1) is 11.1. The van der Waals surface area contributed by atoms with Gasteiger partial charge in [0.25, 0.3) is 0 Å². The van der Waals surface area contributed by atoms with Crippen LogP contribution in [0.1, 0.15) is 18.4 Å². The Bertz CT molecular complexity index is 555. The highest BCUT2D eigenvalue weighted by Gasteiger charge is 2.25. The molecule has 1 N–H and O–H groups in total. The largest absolute Gasteiger partial charge is 0.496 e. The maximum atomic E-state index is 13.4. The van der Waals surface area contributed by atoms with Crippen LogP contribution in [-0.4, -0.2) is 61.6 Å². The molecule has 0 radical (unpaired) electrons. The molecule has 1 aliphatic carbocycles. The number of methoxy groups -OCH3 is 1. The summed E-state index contributed by atoms with van der Waals surface area (Å²) in [5.41, 5.74) is 0.868. The van der Waals surface area contributed by atoms with Crippen molar-refractivity contribution in [1.29, 1.82) is 0 Å². The zero-order chi connectivity index (χ0) is 16.2. The van der Waals surface area contributed by atoms with Crippen molar-refractivity contribution in [1.82, 2.24) is 15.1 Å². The van der Waals surface area contributed by atoms with Gasteiger partial charge < -0.3 is 10.1 Å². The molecule has 0 spiro atoms. The van der Waals surface area contributed by atoms with Crippen molar-refractivity contribution in [3.63, 3.8) is 0 Å². The summed E-state index contributed by atoms with van der Waals surface area (Å²) in [4.78, 5) is 16.3. The average molecular weight is 321 g/mol. The van der Waals surface area contributed by atoms with Gasteiger partial charge in [0.15, 0.2) is 0 Å². The number of halogens is 1. The van der Waals surface area contributed by atoms with Crippen LogP contribution in [0.2, 0.25) is 0 Å². The van der Waals surface area contributed by atoms with E-state index in [2.05, 4.69) is 15.1 Å². The highest BCUT2D eigenvalue weighted by molar-refractivity contribution is 5.78. The van der Waals surface area contributed by atoms with Gasteiger partial charge >= 0.3 is 0 Å². The molecule has 1 saturated carbocycles. The second-order valence-electron chi connectivity index (χ2n) is 6.35. The Morgan fingerprint density at radius 1 is 1.26 bits per heavy atom. The predicted octanol–water partition coefficient (Wildman–Crippen LogP) is 1.23. The normalized spacial score (nSPS) is 19.6. The van der Waals surface area contributed by atoms with E-state index in [-0.39, 0.29) is 11.7 Å². The second-order valence-corrected chi connectivity index (χ2v) is 6.35. The van der Waals surface area contributed by atoms with Gasteiger partial charge in [-0.25, -0.2) is 4.39 Å². The molecule has 1 amide bonds. The maximum absolute atomic E-state index is 13.4. The van der Waals surface area contributed by atoms with E-state index in [1.165, 1.54) is 12.1 Å². The minimum atomic E-state index is -0.240. The third kappa shape index (κ3) is 4.65. The van der Waals surface area contributed by atoms with Crippen LogP contribution in [0.3, 0.4) is 0 Å². The van der Waals surface area contributed by atoms with Gasteiger partial charge in [-0.3, -0.25) is 14.6 Å². The van der Waals surface area contributed by atoms with Crippen molar-refractivity contribution < 1.29 is 13.9 Å². The number of rotatable bonds is 6. The second kappa shape index (κ2) is 7.27. The first-order valence-electron chi connectivity index (χ1n) is 8.20. The lowest BCUT2D eigenvalue weighted by Gasteiger charge is -2.34. The van der Waals surface area contributed by atoms with Gasteiger partial charge in [-0.1, -0.05) is 0 Å². The molecule has 126 valence electrons. The Hall–Kier alpha value is -1.66. The third-order valence-corrected chi connectivity index (χ3v) is 4.41. The topological polar surface area (TPSA) is 44.8 Å². The number of ether oxygens (including phenoxy) is 1. The van der Waals surface area contributed by atoms with Gasteiger partial charge in [0, 0.05) is 44.3 Å². The fourth-order valence-corrected chi connectivity index (χ4v) is 2.92. The van der Waals surface area contributed by atoms with Gasteiger partial charge in [-0.15, -0.1) is 0 Å². The summed E-state index contributed by atoms with van der Waals surface area (Å²) in [6.07, 6.45) is 2.24. The molecule has 0 bridgehead atoms. The first-order valence-corrected chi connectivity index (χ1v) is 8.20. The average Bonchev–Trinajstić information content (AvgIpc) is 3.33. The first kappa shape index (κ1) is 16.2. The molecule has 6 heteroatoms. The zero-order valence-corrected chi connectivity index (χ0v) is 13.6. The Morgan fingerprint density at radius 3 is 2.61 bits per heavy atom. The summed E-state index contributed by atoms with van der Waals surface area (Å²) in [7, 11) is 1.60. The van der Waals surface area contributed by atoms with Gasteiger partial charge in [0.05, 0.1) is 13.7 Å². The lowest BCUT2D eigenvalue weighted by atomic mass is 10.1. The van der Waals surface area contributed by atoms with E-state index in [1.54, 1.807) is 13.2 Å². The fourth-order valence-electron chi connectivity index (χ4n) is 2.92. The summed E-state index contributed by atoms with van der Waals surface area (Å²) in [6, 6.07) is 5.04. The van der Waals surface area contributed by atoms with E-state index in [4.69, 9.17) is 4.74 Å². The van der Waals surface area contributed by atoms with Crippen LogP contribution in [0, 0.1) is 5.82 Å². The molecule has 23 heavy (non-hydrogen) atoms. The van der Waals surface area contributed by atoms with Crippen LogP contribution >= 0.6 is 0 Å². The molecule has 5 nitrogen and oxygen atoms in total. The van der Waals surface area contributed by atoms with E-state index < -0.39 is 0 Å². The van der Waals surface area contributed by atoms with Crippen LogP contribution in [0.15, 0.2) is 18.2 Å². The summed E-state index contributed by atoms with van der Waals surface area (Å²) in [6.45, 7) is 4.61. The zero-order valence-electron chi connectivity index (χ0n) is 13.6. The number of amides is 1. The molecule has 1 aliphatic heterocycles. The van der Waals surface area contributed by atoms with Crippen LogP contribution in [0.25, 0.3) is 0 Å². The molecule has 0 aromatic heterocycles. The molecule has 0 atom stereocenters. The Kier molecular flexibility index (Phi) is 5.13. The van der Waals surface area contributed by atoms with Crippen molar-refractivity contribution in [3.05, 3.63) is 29.6 Å². The molecule has 2 aliphatic rings. The minimum Gasteiger partial charge on any atom is -0.496 e. The van der Waals surface area contributed by atoms with Crippen molar-refractivity contribution in [3.8, 4) is 5.75 Å². The highest BCUT2D eigenvalue weighted by Crippen LogP contribution is 2.22. The monoisotopic (exact) mass is 321 g/mol. The number of carbonyl (C=O) groups is 1. The maximum Gasteiger partial charge on any atom is 0.234 e. The number of hydrogen-bond donors (Lipinski definition) is 1. The van der Waals surface area contributed by atoms with Gasteiger partial charge in [-0.2, -0.15) is 0 Å². The number of benzene rings is 1. The minimum absolute atomic E-state index is 0.132. The molecule has 1 aromatic rings. The molecule has 0 unspecified atom stereocenters. The van der Waals surface area contributed by atoms with Crippen molar-refractivity contribution in [2.45, 2.75) is 25.4 Å². The number of nitrogens with one attached hydrogen (secondary N) is 1. The van der Waals surface area contributed by atoms with E-state index in [9.17, 15) is 9.18 Å². The highest BCUT2D eigenvalue weighted by atomic mass is 19.1. The lowest BCUT2D eigenvalue weighted by molar-refractivity contribution is -0.122. The Labute approximate surface area is 136 Å².